The molecule has 8 heteroatoms. The molecule has 1 aromatic carbocycles. The molecule has 0 unspecified atom stereocenters. The van der Waals surface area contributed by atoms with Gasteiger partial charge >= 0.3 is 0 Å². The molecule has 7 nitrogen and oxygen atoms in total. The molecule has 0 bridgehead atoms. The van der Waals surface area contributed by atoms with E-state index in [1.807, 2.05) is 18.7 Å². The molecule has 116 valence electrons. The third kappa shape index (κ3) is 2.49. The topological polar surface area (TPSA) is 107 Å². The van der Waals surface area contributed by atoms with E-state index in [4.69, 9.17) is 5.14 Å². The maximum absolute atomic E-state index is 11.5. The molecule has 1 aliphatic heterocycles. The van der Waals surface area contributed by atoms with Crippen molar-refractivity contribution >= 4 is 21.4 Å². The molecule has 21 heavy (non-hydrogen) atoms. The summed E-state index contributed by atoms with van der Waals surface area (Å²) >= 11 is 0. The summed E-state index contributed by atoms with van der Waals surface area (Å²) in [4.78, 5) is 12.1. The Labute approximate surface area is 123 Å². The minimum atomic E-state index is -4.00. The third-order valence-electron chi connectivity index (χ3n) is 4.61. The van der Waals surface area contributed by atoms with Gasteiger partial charge in [-0.25, -0.2) is 13.6 Å². The molecule has 2 N–H and O–H groups in total. The number of benzene rings is 1. The van der Waals surface area contributed by atoms with E-state index < -0.39 is 14.9 Å². The number of nitrogens with two attached hydrogens (primary N) is 1. The number of rotatable bonds is 3. The van der Waals surface area contributed by atoms with Gasteiger partial charge in [0.05, 0.1) is 9.82 Å². The lowest BCUT2D eigenvalue weighted by atomic mass is 9.65. The van der Waals surface area contributed by atoms with Crippen molar-refractivity contribution in [2.45, 2.75) is 38.1 Å². The molecule has 1 heterocycles. The molecular formula is C13H19N3O4S. The Morgan fingerprint density at radius 3 is 2.19 bits per heavy atom. The number of nitro groups is 1. The monoisotopic (exact) mass is 313 g/mol. The highest BCUT2D eigenvalue weighted by molar-refractivity contribution is 7.89. The van der Waals surface area contributed by atoms with Gasteiger partial charge in [-0.05, 0) is 19.9 Å². The van der Waals surface area contributed by atoms with Crippen LogP contribution in [0.5, 0.6) is 0 Å². The number of non-ortho nitro benzene ring substituents is 1. The van der Waals surface area contributed by atoms with E-state index >= 15 is 0 Å². The normalized spacial score (nSPS) is 20.0. The van der Waals surface area contributed by atoms with Gasteiger partial charge < -0.3 is 4.90 Å². The first-order valence-corrected chi connectivity index (χ1v) is 8.01. The van der Waals surface area contributed by atoms with Gasteiger partial charge in [0, 0.05) is 35.3 Å². The highest BCUT2D eigenvalue weighted by Crippen LogP contribution is 2.49. The summed E-state index contributed by atoms with van der Waals surface area (Å²) in [5.74, 6) is 0. The number of nitro benzene ring substituents is 1. The molecule has 0 atom stereocenters. The van der Waals surface area contributed by atoms with Crippen molar-refractivity contribution in [3.8, 4) is 0 Å². The average molecular weight is 313 g/mol. The van der Waals surface area contributed by atoms with E-state index in [1.54, 1.807) is 0 Å². The zero-order valence-corrected chi connectivity index (χ0v) is 13.3. The fourth-order valence-electron chi connectivity index (χ4n) is 2.47. The van der Waals surface area contributed by atoms with Gasteiger partial charge in [-0.1, -0.05) is 13.8 Å². The van der Waals surface area contributed by atoms with Crippen LogP contribution in [-0.2, 0) is 10.0 Å². The van der Waals surface area contributed by atoms with Crippen LogP contribution in [0, 0.1) is 15.5 Å². The van der Waals surface area contributed by atoms with E-state index in [0.29, 0.717) is 12.2 Å². The van der Waals surface area contributed by atoms with Gasteiger partial charge in [-0.2, -0.15) is 0 Å². The van der Waals surface area contributed by atoms with Crippen LogP contribution in [0.15, 0.2) is 23.1 Å². The highest BCUT2D eigenvalue weighted by Gasteiger charge is 2.52. The van der Waals surface area contributed by atoms with Crippen LogP contribution in [0.3, 0.4) is 0 Å². The molecule has 1 aromatic rings. The van der Waals surface area contributed by atoms with Crippen molar-refractivity contribution in [1.29, 1.82) is 0 Å². The van der Waals surface area contributed by atoms with Crippen LogP contribution in [-0.4, -0.2) is 25.4 Å². The second-order valence-corrected chi connectivity index (χ2v) is 8.08. The van der Waals surface area contributed by atoms with Gasteiger partial charge in [-0.3, -0.25) is 10.1 Å². The number of primary sulfonamides is 1. The van der Waals surface area contributed by atoms with Crippen LogP contribution < -0.4 is 10.0 Å². The fourth-order valence-corrected chi connectivity index (χ4v) is 3.04. The summed E-state index contributed by atoms with van der Waals surface area (Å²) in [5.41, 5.74) is 0.00612. The van der Waals surface area contributed by atoms with E-state index in [-0.39, 0.29) is 21.5 Å². The van der Waals surface area contributed by atoms with Crippen molar-refractivity contribution in [3.63, 3.8) is 0 Å². The number of hydrogen-bond acceptors (Lipinski definition) is 5. The molecule has 0 amide bonds. The summed E-state index contributed by atoms with van der Waals surface area (Å²) in [6.07, 6.45) is 0. The summed E-state index contributed by atoms with van der Waals surface area (Å²) in [6.45, 7) is 8.92. The lowest BCUT2D eigenvalue weighted by molar-refractivity contribution is -0.385. The third-order valence-corrected chi connectivity index (χ3v) is 5.50. The molecule has 1 fully saturated rings. The van der Waals surface area contributed by atoms with Gasteiger partial charge in [0.25, 0.3) is 5.69 Å². The first-order chi connectivity index (χ1) is 9.36. The van der Waals surface area contributed by atoms with Crippen LogP contribution in [0.1, 0.15) is 27.7 Å². The zero-order valence-electron chi connectivity index (χ0n) is 12.5. The maximum Gasteiger partial charge on any atom is 0.272 e. The van der Waals surface area contributed by atoms with E-state index in [2.05, 4.69) is 13.8 Å². The standard InChI is InChI=1S/C13H19N3O4S/c1-12(2)8-15(13(12,3)4)9-5-10(16(17)18)7-11(6-9)21(14,19)20/h5-7H,8H2,1-4H3,(H2,14,19,20). The van der Waals surface area contributed by atoms with Gasteiger partial charge in [0.1, 0.15) is 0 Å². The molecule has 0 spiro atoms. The predicted molar refractivity (Wildman–Crippen MR) is 79.7 cm³/mol. The van der Waals surface area contributed by atoms with E-state index in [0.717, 1.165) is 6.07 Å². The number of sulfonamides is 1. The summed E-state index contributed by atoms with van der Waals surface area (Å²) < 4.78 is 23.0. The first kappa shape index (κ1) is 15.7. The van der Waals surface area contributed by atoms with Crippen LogP contribution in [0.25, 0.3) is 0 Å². The molecule has 0 aromatic heterocycles. The zero-order chi connectivity index (χ0) is 16.2. The Kier molecular flexibility index (Phi) is 3.30. The van der Waals surface area contributed by atoms with Crippen molar-refractivity contribution in [2.75, 3.05) is 11.4 Å². The SMILES string of the molecule is CC1(C)CN(c2cc([N+](=O)[O-])cc(S(N)(=O)=O)c2)C1(C)C. The summed E-state index contributed by atoms with van der Waals surface area (Å²) in [7, 11) is -4.00. The Morgan fingerprint density at radius 1 is 1.24 bits per heavy atom. The van der Waals surface area contributed by atoms with Crippen molar-refractivity contribution < 1.29 is 13.3 Å². The number of hydrogen-bond donors (Lipinski definition) is 1. The Hall–Kier alpha value is -1.67. The van der Waals surface area contributed by atoms with Gasteiger partial charge in [0.15, 0.2) is 0 Å². The van der Waals surface area contributed by atoms with Crippen molar-refractivity contribution in [1.82, 2.24) is 0 Å². The van der Waals surface area contributed by atoms with Crippen LogP contribution in [0.2, 0.25) is 0 Å². The molecule has 1 aliphatic rings. The second-order valence-electron chi connectivity index (χ2n) is 6.52. The van der Waals surface area contributed by atoms with Crippen molar-refractivity contribution in [3.05, 3.63) is 28.3 Å². The van der Waals surface area contributed by atoms with E-state index in [1.165, 1.54) is 12.1 Å². The minimum Gasteiger partial charge on any atom is -0.365 e. The van der Waals surface area contributed by atoms with E-state index in [9.17, 15) is 18.5 Å². The molecule has 2 rings (SSSR count). The molecule has 0 radical (unpaired) electrons. The number of nitrogens with zero attached hydrogens (tertiary/aromatic N) is 2. The summed E-state index contributed by atoms with van der Waals surface area (Å²) in [5, 5.41) is 16.1. The molecule has 1 saturated heterocycles. The second kappa shape index (κ2) is 4.41. The Bertz CT molecular complexity index is 710. The minimum absolute atomic E-state index is 0.0272. The molecule has 0 saturated carbocycles. The quantitative estimate of drug-likeness (QED) is 0.677. The Morgan fingerprint density at radius 2 is 1.81 bits per heavy atom. The van der Waals surface area contributed by atoms with Crippen LogP contribution >= 0.6 is 0 Å². The van der Waals surface area contributed by atoms with Gasteiger partial charge in [0.2, 0.25) is 10.0 Å². The first-order valence-electron chi connectivity index (χ1n) is 6.46. The maximum atomic E-state index is 11.5. The highest BCUT2D eigenvalue weighted by atomic mass is 32.2. The smallest absolute Gasteiger partial charge is 0.272 e. The lowest BCUT2D eigenvalue weighted by Crippen LogP contribution is -2.69. The summed E-state index contributed by atoms with van der Waals surface area (Å²) in [6, 6.07) is 3.75. The number of anilines is 1. The van der Waals surface area contributed by atoms with Crippen LogP contribution in [0.4, 0.5) is 11.4 Å². The fraction of sp³-hybridized carbons (Fsp3) is 0.538. The lowest BCUT2D eigenvalue weighted by Gasteiger charge is -2.62. The van der Waals surface area contributed by atoms with Crippen molar-refractivity contribution in [2.24, 2.45) is 10.6 Å². The van der Waals surface area contributed by atoms with Gasteiger partial charge in [-0.15, -0.1) is 0 Å². The molecule has 0 aliphatic carbocycles. The molecular weight excluding hydrogens is 294 g/mol. The predicted octanol–water partition coefficient (Wildman–Crippen LogP) is 1.87. The average Bonchev–Trinajstić information content (AvgIpc) is 2.34. The Balaban J connectivity index is 2.56. The largest absolute Gasteiger partial charge is 0.365 e.